The van der Waals surface area contributed by atoms with E-state index in [9.17, 15) is 43.8 Å². The minimum atomic E-state index is -1.52. The molecule has 2 N–H and O–H groups in total. The van der Waals surface area contributed by atoms with Gasteiger partial charge in [-0.05, 0) is 63.7 Å². The monoisotopic (exact) mass is 767 g/mol. The highest BCUT2D eigenvalue weighted by atomic mass is 16.5. The third kappa shape index (κ3) is 19.2. The van der Waals surface area contributed by atoms with E-state index in [0.717, 1.165) is 57.8 Å². The highest BCUT2D eigenvalue weighted by molar-refractivity contribution is 5.94. The van der Waals surface area contributed by atoms with E-state index in [1.54, 1.807) is 13.8 Å². The number of hydrogen-bond donors (Lipinski definition) is 2. The van der Waals surface area contributed by atoms with Crippen molar-refractivity contribution in [3.05, 3.63) is 0 Å². The highest BCUT2D eigenvalue weighted by Crippen LogP contribution is 2.34. The minimum Gasteiger partial charge on any atom is -0.481 e. The molecule has 1 saturated heterocycles. The number of ketones is 1. The molecule has 13 nitrogen and oxygen atoms in total. The van der Waals surface area contributed by atoms with E-state index in [1.165, 1.54) is 11.8 Å². The molecule has 1 rings (SSSR count). The number of likely N-dealkylation sites (tertiary alicyclic amines) is 1. The summed E-state index contributed by atoms with van der Waals surface area (Å²) in [6.07, 6.45) is 9.76. The van der Waals surface area contributed by atoms with Crippen molar-refractivity contribution in [3.63, 3.8) is 0 Å². The maximum Gasteiger partial charge on any atom is 0.313 e. The van der Waals surface area contributed by atoms with Crippen molar-refractivity contribution in [3.8, 4) is 0 Å². The molecule has 0 spiro atoms. The van der Waals surface area contributed by atoms with Crippen LogP contribution in [0, 0.1) is 35.5 Å². The summed E-state index contributed by atoms with van der Waals surface area (Å²) in [7, 11) is 0. The van der Waals surface area contributed by atoms with Crippen LogP contribution < -0.4 is 0 Å². The first-order valence-corrected chi connectivity index (χ1v) is 20.4. The van der Waals surface area contributed by atoms with Gasteiger partial charge in [-0.2, -0.15) is 0 Å². The second-order valence-electron chi connectivity index (χ2n) is 15.6. The number of carbonyl (C=O) groups excluding carboxylic acids is 5. The largest absolute Gasteiger partial charge is 0.481 e. The van der Waals surface area contributed by atoms with Crippen LogP contribution in [-0.2, 0) is 47.8 Å². The van der Waals surface area contributed by atoms with E-state index >= 15 is 0 Å². The highest BCUT2D eigenvalue weighted by Gasteiger charge is 2.45. The van der Waals surface area contributed by atoms with Gasteiger partial charge in [0.15, 0.2) is 0 Å². The van der Waals surface area contributed by atoms with Gasteiger partial charge in [0.25, 0.3) is 0 Å². The molecule has 310 valence electrons. The molecule has 0 aromatic rings. The predicted octanol–water partition coefficient (Wildman–Crippen LogP) is 7.01. The maximum absolute atomic E-state index is 13.7. The van der Waals surface area contributed by atoms with E-state index in [-0.39, 0.29) is 51.2 Å². The number of unbranched alkanes of at least 4 members (excludes halogenated alkanes) is 7. The Hall–Kier alpha value is -3.51. The second-order valence-corrected chi connectivity index (χ2v) is 15.6. The zero-order chi connectivity index (χ0) is 40.6. The smallest absolute Gasteiger partial charge is 0.313 e. The lowest BCUT2D eigenvalue weighted by molar-refractivity contribution is -0.160. The van der Waals surface area contributed by atoms with Crippen molar-refractivity contribution in [2.45, 2.75) is 157 Å². The number of amides is 1. The minimum absolute atomic E-state index is 0.0133. The number of hydrogen-bond acceptors (Lipinski definition) is 10. The SMILES string of the molecule is CCCCCCCCOC(=O)C(C)CC(CC(COC(=O)CC(C)=O)CC(C(=O)O)C(C(=O)O)C(CC)N1CCCC1=O)C(=O)OCCCCCC(C)C. The van der Waals surface area contributed by atoms with E-state index in [1.807, 2.05) is 0 Å². The Balaban J connectivity index is 3.35. The maximum atomic E-state index is 13.7. The zero-order valence-electron chi connectivity index (χ0n) is 33.8. The Labute approximate surface area is 322 Å². The molecule has 0 aromatic carbocycles. The number of carboxylic acid groups (broad SMARTS) is 2. The van der Waals surface area contributed by atoms with Crippen molar-refractivity contribution in [2.24, 2.45) is 35.5 Å². The van der Waals surface area contributed by atoms with Gasteiger partial charge >= 0.3 is 29.8 Å². The van der Waals surface area contributed by atoms with Crippen molar-refractivity contribution >= 4 is 41.5 Å². The summed E-state index contributed by atoms with van der Waals surface area (Å²) in [6, 6.07) is -0.891. The second kappa shape index (κ2) is 27.1. The Kier molecular flexibility index (Phi) is 24.4. The average molecular weight is 768 g/mol. The first-order chi connectivity index (χ1) is 25.6. The summed E-state index contributed by atoms with van der Waals surface area (Å²) in [4.78, 5) is 90.6. The lowest BCUT2D eigenvalue weighted by Gasteiger charge is -2.36. The Morgan fingerprint density at radius 2 is 1.37 bits per heavy atom. The molecule has 0 aromatic heterocycles. The number of ether oxygens (including phenoxy) is 3. The molecule has 1 heterocycles. The molecular formula is C41H69NO12. The third-order valence-corrected chi connectivity index (χ3v) is 10.2. The summed E-state index contributed by atoms with van der Waals surface area (Å²) < 4.78 is 16.6. The van der Waals surface area contributed by atoms with E-state index < -0.39 is 84.3 Å². The summed E-state index contributed by atoms with van der Waals surface area (Å²) in [5, 5.41) is 20.9. The van der Waals surface area contributed by atoms with Crippen LogP contribution >= 0.6 is 0 Å². The number of rotatable bonds is 31. The predicted molar refractivity (Wildman–Crippen MR) is 202 cm³/mol. The number of carboxylic acids is 2. The van der Waals surface area contributed by atoms with Crippen molar-refractivity contribution < 1.29 is 58.0 Å². The van der Waals surface area contributed by atoms with Gasteiger partial charge in [0.2, 0.25) is 5.91 Å². The van der Waals surface area contributed by atoms with Crippen LogP contribution in [0.5, 0.6) is 0 Å². The lowest BCUT2D eigenvalue weighted by Crippen LogP contribution is -2.49. The van der Waals surface area contributed by atoms with E-state index in [0.29, 0.717) is 25.3 Å². The van der Waals surface area contributed by atoms with Gasteiger partial charge in [-0.1, -0.05) is 86.0 Å². The first kappa shape index (κ1) is 48.5. The van der Waals surface area contributed by atoms with E-state index in [4.69, 9.17) is 14.2 Å². The molecule has 0 radical (unpaired) electrons. The molecule has 1 aliphatic rings. The molecule has 1 amide bonds. The quantitative estimate of drug-likeness (QED) is 0.0318. The van der Waals surface area contributed by atoms with Gasteiger partial charge in [-0.3, -0.25) is 33.6 Å². The van der Waals surface area contributed by atoms with Crippen LogP contribution in [0.3, 0.4) is 0 Å². The van der Waals surface area contributed by atoms with Gasteiger partial charge in [0.1, 0.15) is 12.2 Å². The van der Waals surface area contributed by atoms with Crippen LogP contribution in [0.25, 0.3) is 0 Å². The fourth-order valence-corrected chi connectivity index (χ4v) is 7.28. The molecule has 1 fully saturated rings. The number of nitrogens with zero attached hydrogens (tertiary/aromatic N) is 1. The normalized spacial score (nSPS) is 16.3. The van der Waals surface area contributed by atoms with Crippen molar-refractivity contribution in [1.29, 1.82) is 0 Å². The van der Waals surface area contributed by atoms with Crippen LogP contribution in [0.4, 0.5) is 0 Å². The molecule has 6 unspecified atom stereocenters. The number of carbonyl (C=O) groups is 7. The van der Waals surface area contributed by atoms with Crippen LogP contribution in [0.15, 0.2) is 0 Å². The van der Waals surface area contributed by atoms with Gasteiger partial charge in [-0.15, -0.1) is 0 Å². The zero-order valence-corrected chi connectivity index (χ0v) is 33.8. The van der Waals surface area contributed by atoms with Gasteiger partial charge in [0.05, 0.1) is 43.5 Å². The summed E-state index contributed by atoms with van der Waals surface area (Å²) in [6.45, 7) is 11.3. The Morgan fingerprint density at radius 1 is 0.759 bits per heavy atom. The number of Topliss-reactive ketones (excluding diaryl/α,β-unsaturated/α-hetero) is 1. The first-order valence-electron chi connectivity index (χ1n) is 20.4. The molecular weight excluding hydrogens is 698 g/mol. The lowest BCUT2D eigenvalue weighted by atomic mass is 9.76. The van der Waals surface area contributed by atoms with Gasteiger partial charge in [0, 0.05) is 19.0 Å². The molecule has 0 saturated carbocycles. The van der Waals surface area contributed by atoms with Crippen LogP contribution in [0.2, 0.25) is 0 Å². The Morgan fingerprint density at radius 3 is 1.91 bits per heavy atom. The number of aliphatic carboxylic acids is 2. The fraction of sp³-hybridized carbons (Fsp3) is 0.829. The molecule has 54 heavy (non-hydrogen) atoms. The van der Waals surface area contributed by atoms with E-state index in [2.05, 4.69) is 20.8 Å². The Bertz CT molecular complexity index is 1190. The molecule has 6 atom stereocenters. The third-order valence-electron chi connectivity index (χ3n) is 10.2. The molecule has 0 aliphatic carbocycles. The van der Waals surface area contributed by atoms with Crippen LogP contribution in [0.1, 0.15) is 151 Å². The van der Waals surface area contributed by atoms with Crippen molar-refractivity contribution in [2.75, 3.05) is 26.4 Å². The average Bonchev–Trinajstić information content (AvgIpc) is 3.53. The summed E-state index contributed by atoms with van der Waals surface area (Å²) >= 11 is 0. The fourth-order valence-electron chi connectivity index (χ4n) is 7.28. The standard InChI is InChI=1S/C41H69NO12/c1-7-9-10-11-12-15-21-52-40(50)29(5)23-32(41(51)53-22-16-13-14-18-28(3)4)25-31(27-54-36(45)24-30(6)43)26-33(38(46)47)37(39(48)49)34(8-2)42-20-17-19-35(42)44/h28-29,31-34,37H,7-27H2,1-6H3,(H,46,47)(H,48,49). The van der Waals surface area contributed by atoms with Gasteiger partial charge in [-0.25, -0.2) is 0 Å². The summed E-state index contributed by atoms with van der Waals surface area (Å²) in [5.74, 6) is -10.3. The number of esters is 3. The molecule has 0 bridgehead atoms. The summed E-state index contributed by atoms with van der Waals surface area (Å²) in [5.41, 5.74) is 0. The topological polar surface area (TPSA) is 191 Å². The molecule has 13 heteroatoms. The van der Waals surface area contributed by atoms with Crippen LogP contribution in [-0.4, -0.2) is 89.1 Å². The van der Waals surface area contributed by atoms with Gasteiger partial charge < -0.3 is 29.3 Å². The molecule has 1 aliphatic heterocycles. The van der Waals surface area contributed by atoms with Crippen molar-refractivity contribution in [1.82, 2.24) is 4.90 Å².